The van der Waals surface area contributed by atoms with E-state index in [-0.39, 0.29) is 12.0 Å². The number of aryl methyl sites for hydroxylation is 1. The maximum atomic E-state index is 12.2. The van der Waals surface area contributed by atoms with Crippen LogP contribution in [0.4, 0.5) is 0 Å². The first-order valence-corrected chi connectivity index (χ1v) is 8.07. The van der Waals surface area contributed by atoms with Crippen LogP contribution in [-0.4, -0.2) is 38.8 Å². The SMILES string of the molecule is Cc1nc(-c2ccc(C(=O)NCC3CCCC(O)C3)cc2)n[nH]1. The third-order valence-electron chi connectivity index (χ3n) is 4.31. The summed E-state index contributed by atoms with van der Waals surface area (Å²) in [5.41, 5.74) is 1.50. The molecule has 1 fully saturated rings. The summed E-state index contributed by atoms with van der Waals surface area (Å²) >= 11 is 0. The van der Waals surface area contributed by atoms with Crippen LogP contribution in [0.15, 0.2) is 24.3 Å². The molecule has 2 aromatic rings. The van der Waals surface area contributed by atoms with Gasteiger partial charge in [-0.25, -0.2) is 4.98 Å². The topological polar surface area (TPSA) is 90.9 Å². The van der Waals surface area contributed by atoms with E-state index < -0.39 is 0 Å². The first kappa shape index (κ1) is 15.7. The molecule has 122 valence electrons. The molecule has 0 spiro atoms. The Balaban J connectivity index is 1.57. The Morgan fingerprint density at radius 1 is 1.35 bits per heavy atom. The summed E-state index contributed by atoms with van der Waals surface area (Å²) in [5.74, 6) is 1.68. The molecule has 1 heterocycles. The standard InChI is InChI=1S/C17H22N4O2/c1-11-19-16(21-20-11)13-5-7-14(8-6-13)17(23)18-10-12-3-2-4-15(22)9-12/h5-8,12,15,22H,2-4,9-10H2,1H3,(H,18,23)(H,19,20,21). The Hall–Kier alpha value is -2.21. The Labute approximate surface area is 135 Å². The van der Waals surface area contributed by atoms with Gasteiger partial charge in [0, 0.05) is 17.7 Å². The molecule has 1 aromatic heterocycles. The molecular weight excluding hydrogens is 292 g/mol. The maximum Gasteiger partial charge on any atom is 0.251 e. The normalized spacial score (nSPS) is 21.1. The second-order valence-corrected chi connectivity index (χ2v) is 6.22. The second kappa shape index (κ2) is 6.91. The fourth-order valence-electron chi connectivity index (χ4n) is 3.03. The summed E-state index contributed by atoms with van der Waals surface area (Å²) in [7, 11) is 0. The lowest BCUT2D eigenvalue weighted by Crippen LogP contribution is -2.32. The molecule has 2 atom stereocenters. The average Bonchev–Trinajstić information content (AvgIpc) is 2.99. The zero-order valence-corrected chi connectivity index (χ0v) is 13.2. The highest BCUT2D eigenvalue weighted by Crippen LogP contribution is 2.23. The number of carbonyl (C=O) groups excluding carboxylic acids is 1. The number of H-pyrrole nitrogens is 1. The molecule has 0 radical (unpaired) electrons. The van der Waals surface area contributed by atoms with Crippen molar-refractivity contribution < 1.29 is 9.90 Å². The van der Waals surface area contributed by atoms with E-state index in [1.807, 2.05) is 19.1 Å². The Bertz CT molecular complexity index is 665. The van der Waals surface area contributed by atoms with Crippen LogP contribution in [0.25, 0.3) is 11.4 Å². The van der Waals surface area contributed by atoms with Gasteiger partial charge >= 0.3 is 0 Å². The highest BCUT2D eigenvalue weighted by molar-refractivity contribution is 5.94. The number of amides is 1. The zero-order valence-electron chi connectivity index (χ0n) is 13.2. The van der Waals surface area contributed by atoms with Crippen LogP contribution in [0.2, 0.25) is 0 Å². The summed E-state index contributed by atoms with van der Waals surface area (Å²) in [5, 5.41) is 19.5. The Morgan fingerprint density at radius 3 is 2.78 bits per heavy atom. The average molecular weight is 314 g/mol. The number of aromatic amines is 1. The first-order chi connectivity index (χ1) is 11.1. The third-order valence-corrected chi connectivity index (χ3v) is 4.31. The van der Waals surface area contributed by atoms with E-state index in [4.69, 9.17) is 0 Å². The van der Waals surface area contributed by atoms with Gasteiger partial charge in [-0.3, -0.25) is 9.89 Å². The zero-order chi connectivity index (χ0) is 16.2. The molecule has 3 N–H and O–H groups in total. The molecule has 1 amide bonds. The number of nitrogens with zero attached hydrogens (tertiary/aromatic N) is 2. The van der Waals surface area contributed by atoms with Crippen molar-refractivity contribution in [2.75, 3.05) is 6.54 Å². The molecular formula is C17H22N4O2. The number of aliphatic hydroxyl groups is 1. The summed E-state index contributed by atoms with van der Waals surface area (Å²) in [6, 6.07) is 7.27. The van der Waals surface area contributed by atoms with Crippen LogP contribution in [0, 0.1) is 12.8 Å². The molecule has 3 rings (SSSR count). The van der Waals surface area contributed by atoms with E-state index in [1.54, 1.807) is 12.1 Å². The predicted octanol–water partition coefficient (Wildman–Crippen LogP) is 2.06. The van der Waals surface area contributed by atoms with Crippen molar-refractivity contribution >= 4 is 5.91 Å². The van der Waals surface area contributed by atoms with Crippen molar-refractivity contribution in [3.05, 3.63) is 35.7 Å². The fourth-order valence-corrected chi connectivity index (χ4v) is 3.03. The number of nitrogens with one attached hydrogen (secondary N) is 2. The van der Waals surface area contributed by atoms with Crippen LogP contribution in [-0.2, 0) is 0 Å². The van der Waals surface area contributed by atoms with Gasteiger partial charge in [-0.2, -0.15) is 5.10 Å². The monoisotopic (exact) mass is 314 g/mol. The fraction of sp³-hybridized carbons (Fsp3) is 0.471. The van der Waals surface area contributed by atoms with E-state index in [1.165, 1.54) is 0 Å². The van der Waals surface area contributed by atoms with Gasteiger partial charge in [0.25, 0.3) is 5.91 Å². The van der Waals surface area contributed by atoms with Crippen LogP contribution < -0.4 is 5.32 Å². The van der Waals surface area contributed by atoms with Gasteiger partial charge in [0.1, 0.15) is 5.82 Å². The summed E-state index contributed by atoms with van der Waals surface area (Å²) in [4.78, 5) is 16.5. The molecule has 23 heavy (non-hydrogen) atoms. The molecule has 6 nitrogen and oxygen atoms in total. The molecule has 6 heteroatoms. The largest absolute Gasteiger partial charge is 0.393 e. The van der Waals surface area contributed by atoms with Gasteiger partial charge in [-0.1, -0.05) is 18.6 Å². The number of carbonyl (C=O) groups is 1. The second-order valence-electron chi connectivity index (χ2n) is 6.22. The summed E-state index contributed by atoms with van der Waals surface area (Å²) < 4.78 is 0. The quantitative estimate of drug-likeness (QED) is 0.805. The smallest absolute Gasteiger partial charge is 0.251 e. The van der Waals surface area contributed by atoms with E-state index in [9.17, 15) is 9.90 Å². The lowest BCUT2D eigenvalue weighted by molar-refractivity contribution is 0.0874. The number of aromatic nitrogens is 3. The third kappa shape index (κ3) is 3.96. The van der Waals surface area contributed by atoms with Gasteiger partial charge in [-0.05, 0) is 44.2 Å². The number of hydrogen-bond donors (Lipinski definition) is 3. The summed E-state index contributed by atoms with van der Waals surface area (Å²) in [6.45, 7) is 2.47. The van der Waals surface area contributed by atoms with Gasteiger partial charge in [0.05, 0.1) is 6.10 Å². The first-order valence-electron chi connectivity index (χ1n) is 8.07. The molecule has 0 bridgehead atoms. The summed E-state index contributed by atoms with van der Waals surface area (Å²) in [6.07, 6.45) is 3.55. The minimum absolute atomic E-state index is 0.0808. The van der Waals surface area contributed by atoms with Crippen LogP contribution >= 0.6 is 0 Å². The van der Waals surface area contributed by atoms with Gasteiger partial charge in [0.15, 0.2) is 5.82 Å². The number of hydrogen-bond acceptors (Lipinski definition) is 4. The van der Waals surface area contributed by atoms with Crippen LogP contribution in [0.3, 0.4) is 0 Å². The Morgan fingerprint density at radius 2 is 2.13 bits per heavy atom. The van der Waals surface area contributed by atoms with Crippen molar-refractivity contribution in [2.24, 2.45) is 5.92 Å². The van der Waals surface area contributed by atoms with Crippen molar-refractivity contribution in [2.45, 2.75) is 38.7 Å². The molecule has 0 aliphatic heterocycles. The molecule has 1 aromatic carbocycles. The minimum atomic E-state index is -0.213. The molecule has 0 saturated heterocycles. The highest BCUT2D eigenvalue weighted by Gasteiger charge is 2.20. The molecule has 1 aliphatic rings. The molecule has 2 unspecified atom stereocenters. The van der Waals surface area contributed by atoms with Crippen molar-refractivity contribution in [3.8, 4) is 11.4 Å². The van der Waals surface area contributed by atoms with Crippen LogP contribution in [0.1, 0.15) is 41.9 Å². The van der Waals surface area contributed by atoms with Crippen LogP contribution in [0.5, 0.6) is 0 Å². The van der Waals surface area contributed by atoms with Gasteiger partial charge < -0.3 is 10.4 Å². The van der Waals surface area contributed by atoms with Crippen molar-refractivity contribution in [1.29, 1.82) is 0 Å². The van der Waals surface area contributed by atoms with E-state index in [0.29, 0.717) is 23.9 Å². The number of rotatable bonds is 4. The van der Waals surface area contributed by atoms with Crippen molar-refractivity contribution in [1.82, 2.24) is 20.5 Å². The number of benzene rings is 1. The molecule has 1 aliphatic carbocycles. The van der Waals surface area contributed by atoms with E-state index in [2.05, 4.69) is 20.5 Å². The maximum absolute atomic E-state index is 12.2. The van der Waals surface area contributed by atoms with E-state index in [0.717, 1.165) is 37.1 Å². The van der Waals surface area contributed by atoms with E-state index >= 15 is 0 Å². The Kier molecular flexibility index (Phi) is 4.71. The van der Waals surface area contributed by atoms with Gasteiger partial charge in [0.2, 0.25) is 0 Å². The predicted molar refractivity (Wildman–Crippen MR) is 86.9 cm³/mol. The minimum Gasteiger partial charge on any atom is -0.393 e. The molecule has 1 saturated carbocycles. The highest BCUT2D eigenvalue weighted by atomic mass is 16.3. The lowest BCUT2D eigenvalue weighted by atomic mass is 9.87. The van der Waals surface area contributed by atoms with Gasteiger partial charge in [-0.15, -0.1) is 0 Å². The lowest BCUT2D eigenvalue weighted by Gasteiger charge is -2.25. The number of aliphatic hydroxyl groups excluding tert-OH is 1. The van der Waals surface area contributed by atoms with Crippen molar-refractivity contribution in [3.63, 3.8) is 0 Å².